The number of nitrogens with zero attached hydrogens (tertiary/aromatic N) is 2. The van der Waals surface area contributed by atoms with Crippen LogP contribution in [0.15, 0.2) is 48.5 Å². The van der Waals surface area contributed by atoms with E-state index >= 15 is 0 Å². The number of methoxy groups -OCH3 is 1. The van der Waals surface area contributed by atoms with Crippen LogP contribution in [-0.4, -0.2) is 36.1 Å². The minimum absolute atomic E-state index is 0.138. The molecule has 0 saturated carbocycles. The Kier molecular flexibility index (Phi) is 5.50. The largest absolute Gasteiger partial charge is 0.496 e. The van der Waals surface area contributed by atoms with E-state index in [1.165, 1.54) is 5.56 Å². The molecule has 2 aromatic carbocycles. The van der Waals surface area contributed by atoms with Crippen LogP contribution < -0.4 is 10.1 Å². The smallest absolute Gasteiger partial charge is 0.292 e. The van der Waals surface area contributed by atoms with Crippen LogP contribution in [0.3, 0.4) is 0 Å². The Balaban J connectivity index is 1.57. The molecule has 1 heterocycles. The molecule has 0 radical (unpaired) electrons. The van der Waals surface area contributed by atoms with Gasteiger partial charge in [0.25, 0.3) is 5.69 Å². The van der Waals surface area contributed by atoms with Crippen LogP contribution >= 0.6 is 0 Å². The molecule has 6 nitrogen and oxygen atoms in total. The first kappa shape index (κ1) is 17.2. The summed E-state index contributed by atoms with van der Waals surface area (Å²) < 4.78 is 5.42. The van der Waals surface area contributed by atoms with Crippen LogP contribution in [0.1, 0.15) is 18.4 Å². The Labute approximate surface area is 147 Å². The van der Waals surface area contributed by atoms with Crippen molar-refractivity contribution < 1.29 is 9.66 Å². The summed E-state index contributed by atoms with van der Waals surface area (Å²) in [4.78, 5) is 13.2. The van der Waals surface area contributed by atoms with Crippen molar-refractivity contribution >= 4 is 11.4 Å². The summed E-state index contributed by atoms with van der Waals surface area (Å²) in [6, 6.07) is 15.2. The maximum Gasteiger partial charge on any atom is 0.292 e. The van der Waals surface area contributed by atoms with Crippen molar-refractivity contribution in [2.75, 3.05) is 25.5 Å². The first-order chi connectivity index (χ1) is 12.2. The van der Waals surface area contributed by atoms with Gasteiger partial charge in [-0.05, 0) is 25.0 Å². The predicted octanol–water partition coefficient (Wildman–Crippen LogP) is 3.68. The number of para-hydroxylation sites is 3. The molecule has 132 valence electrons. The molecule has 1 aliphatic rings. The third-order valence-electron chi connectivity index (χ3n) is 4.63. The second-order valence-corrected chi connectivity index (χ2v) is 6.28. The zero-order valence-corrected chi connectivity index (χ0v) is 14.4. The molecule has 0 unspecified atom stereocenters. The topological polar surface area (TPSA) is 67.6 Å². The van der Waals surface area contributed by atoms with Crippen LogP contribution in [0.5, 0.6) is 5.75 Å². The summed E-state index contributed by atoms with van der Waals surface area (Å²) >= 11 is 0. The average molecular weight is 341 g/mol. The zero-order chi connectivity index (χ0) is 17.6. The highest BCUT2D eigenvalue weighted by Gasteiger charge is 2.22. The summed E-state index contributed by atoms with van der Waals surface area (Å²) in [5, 5.41) is 14.5. The molecule has 3 rings (SSSR count). The van der Waals surface area contributed by atoms with Crippen LogP contribution in [-0.2, 0) is 6.54 Å². The van der Waals surface area contributed by atoms with Gasteiger partial charge in [0.05, 0.1) is 12.0 Å². The monoisotopic (exact) mass is 341 g/mol. The number of likely N-dealkylation sites (tertiary alicyclic amines) is 1. The number of nitro groups is 1. The van der Waals surface area contributed by atoms with Gasteiger partial charge in [-0.2, -0.15) is 0 Å². The van der Waals surface area contributed by atoms with Gasteiger partial charge >= 0.3 is 0 Å². The van der Waals surface area contributed by atoms with Gasteiger partial charge in [0, 0.05) is 37.3 Å². The standard InChI is InChI=1S/C19H23N3O3/c1-25-19-9-5-2-6-15(19)14-21-12-10-16(11-13-21)20-17-7-3-4-8-18(17)22(23)24/h2-9,16,20H,10-14H2,1H3. The van der Waals surface area contributed by atoms with Crippen molar-refractivity contribution in [3.8, 4) is 5.75 Å². The lowest BCUT2D eigenvalue weighted by Crippen LogP contribution is -2.38. The summed E-state index contributed by atoms with van der Waals surface area (Å²) in [6.45, 7) is 2.77. The van der Waals surface area contributed by atoms with Gasteiger partial charge in [0.1, 0.15) is 11.4 Å². The molecule has 1 saturated heterocycles. The molecule has 1 aliphatic heterocycles. The quantitative estimate of drug-likeness (QED) is 0.641. The van der Waals surface area contributed by atoms with Gasteiger partial charge in [0.15, 0.2) is 0 Å². The maximum absolute atomic E-state index is 11.1. The van der Waals surface area contributed by atoms with E-state index in [0.717, 1.165) is 38.2 Å². The van der Waals surface area contributed by atoms with E-state index in [2.05, 4.69) is 16.3 Å². The second-order valence-electron chi connectivity index (χ2n) is 6.28. The normalized spacial score (nSPS) is 15.7. The molecule has 0 aliphatic carbocycles. The highest BCUT2D eigenvalue weighted by Crippen LogP contribution is 2.27. The Morgan fingerprint density at radius 3 is 2.56 bits per heavy atom. The number of nitro benzene ring substituents is 1. The van der Waals surface area contributed by atoms with E-state index in [0.29, 0.717) is 5.69 Å². The lowest BCUT2D eigenvalue weighted by Gasteiger charge is -2.33. The van der Waals surface area contributed by atoms with E-state index in [9.17, 15) is 10.1 Å². The summed E-state index contributed by atoms with van der Waals surface area (Å²) in [5.41, 5.74) is 1.93. The number of rotatable bonds is 6. The van der Waals surface area contributed by atoms with E-state index in [1.807, 2.05) is 24.3 Å². The number of ether oxygens (including phenoxy) is 1. The molecule has 25 heavy (non-hydrogen) atoms. The van der Waals surface area contributed by atoms with E-state index in [-0.39, 0.29) is 16.7 Å². The first-order valence-corrected chi connectivity index (χ1v) is 8.51. The third kappa shape index (κ3) is 4.28. The molecule has 1 fully saturated rings. The van der Waals surface area contributed by atoms with Crippen LogP contribution in [0.2, 0.25) is 0 Å². The van der Waals surface area contributed by atoms with Crippen molar-refractivity contribution in [1.29, 1.82) is 0 Å². The van der Waals surface area contributed by atoms with E-state index in [1.54, 1.807) is 25.3 Å². The highest BCUT2D eigenvalue weighted by atomic mass is 16.6. The Bertz CT molecular complexity index is 727. The number of benzene rings is 2. The average Bonchev–Trinajstić information content (AvgIpc) is 2.64. The third-order valence-corrected chi connectivity index (χ3v) is 4.63. The fraction of sp³-hybridized carbons (Fsp3) is 0.368. The summed E-state index contributed by atoms with van der Waals surface area (Å²) in [7, 11) is 1.70. The molecule has 1 N–H and O–H groups in total. The molecule has 0 bridgehead atoms. The van der Waals surface area contributed by atoms with Gasteiger partial charge < -0.3 is 10.1 Å². The molecule has 0 spiro atoms. The van der Waals surface area contributed by atoms with Crippen LogP contribution in [0, 0.1) is 10.1 Å². The van der Waals surface area contributed by atoms with Crippen LogP contribution in [0.4, 0.5) is 11.4 Å². The number of hydrogen-bond donors (Lipinski definition) is 1. The number of anilines is 1. The summed E-state index contributed by atoms with van der Waals surface area (Å²) in [6.07, 6.45) is 1.92. The first-order valence-electron chi connectivity index (χ1n) is 8.51. The van der Waals surface area contributed by atoms with E-state index in [4.69, 9.17) is 4.74 Å². The lowest BCUT2D eigenvalue weighted by atomic mass is 10.0. The van der Waals surface area contributed by atoms with Gasteiger partial charge in [-0.15, -0.1) is 0 Å². The Morgan fingerprint density at radius 2 is 1.84 bits per heavy atom. The zero-order valence-electron chi connectivity index (χ0n) is 14.4. The minimum Gasteiger partial charge on any atom is -0.496 e. The van der Waals surface area contributed by atoms with Gasteiger partial charge in [-0.25, -0.2) is 0 Å². The SMILES string of the molecule is COc1ccccc1CN1CCC(Nc2ccccc2[N+](=O)[O-])CC1. The molecule has 0 atom stereocenters. The number of piperidine rings is 1. The molecule has 0 aromatic heterocycles. The maximum atomic E-state index is 11.1. The molecule has 2 aromatic rings. The van der Waals surface area contributed by atoms with Crippen molar-refractivity contribution in [2.45, 2.75) is 25.4 Å². The molecule has 0 amide bonds. The minimum atomic E-state index is -0.334. The fourth-order valence-corrected chi connectivity index (χ4v) is 3.28. The molecular formula is C19H23N3O3. The fourth-order valence-electron chi connectivity index (χ4n) is 3.28. The lowest BCUT2D eigenvalue weighted by molar-refractivity contribution is -0.384. The predicted molar refractivity (Wildman–Crippen MR) is 98.0 cm³/mol. The van der Waals surface area contributed by atoms with E-state index < -0.39 is 0 Å². The molecular weight excluding hydrogens is 318 g/mol. The van der Waals surface area contributed by atoms with Gasteiger partial charge in [0.2, 0.25) is 0 Å². The van der Waals surface area contributed by atoms with Crippen LogP contribution in [0.25, 0.3) is 0 Å². The number of hydrogen-bond acceptors (Lipinski definition) is 5. The second kappa shape index (κ2) is 7.98. The van der Waals surface area contributed by atoms with Crippen molar-refractivity contribution in [2.24, 2.45) is 0 Å². The highest BCUT2D eigenvalue weighted by molar-refractivity contribution is 5.61. The number of nitrogens with one attached hydrogen (secondary N) is 1. The van der Waals surface area contributed by atoms with Crippen molar-refractivity contribution in [1.82, 2.24) is 4.90 Å². The molecule has 6 heteroatoms. The van der Waals surface area contributed by atoms with Crippen molar-refractivity contribution in [3.05, 3.63) is 64.2 Å². The van der Waals surface area contributed by atoms with Crippen molar-refractivity contribution in [3.63, 3.8) is 0 Å². The van der Waals surface area contributed by atoms with Gasteiger partial charge in [-0.3, -0.25) is 15.0 Å². The Hall–Kier alpha value is -2.60. The summed E-state index contributed by atoms with van der Waals surface area (Å²) in [5.74, 6) is 0.919. The van der Waals surface area contributed by atoms with Gasteiger partial charge in [-0.1, -0.05) is 30.3 Å². The Morgan fingerprint density at radius 1 is 1.16 bits per heavy atom.